The number of ether oxygens (including phenoxy) is 1. The zero-order chi connectivity index (χ0) is 26.3. The van der Waals surface area contributed by atoms with Gasteiger partial charge in [-0.1, -0.05) is 19.1 Å². The smallest absolute Gasteiger partial charge is 0.239 e. The maximum absolute atomic E-state index is 13.0. The summed E-state index contributed by atoms with van der Waals surface area (Å²) < 4.78 is 38.5. The molecule has 2 aromatic heterocycles. The van der Waals surface area contributed by atoms with Crippen molar-refractivity contribution in [2.24, 2.45) is 0 Å². The van der Waals surface area contributed by atoms with Crippen LogP contribution in [0, 0.1) is 0 Å². The molecule has 2 unspecified atom stereocenters. The second-order valence-corrected chi connectivity index (χ2v) is 11.9. The lowest BCUT2D eigenvalue weighted by atomic mass is 10.0. The zero-order valence-corrected chi connectivity index (χ0v) is 22.3. The average Bonchev–Trinajstić information content (AvgIpc) is 3.71. The van der Waals surface area contributed by atoms with E-state index >= 15 is 0 Å². The number of aromatic nitrogens is 3. The fraction of sp³-hybridized carbons (Fsp3) is 0.357. The largest absolute Gasteiger partial charge is 0.497 e. The maximum Gasteiger partial charge on any atom is 0.239 e. The van der Waals surface area contributed by atoms with Crippen molar-refractivity contribution in [2.75, 3.05) is 16.7 Å². The number of methoxy groups -OCH3 is 1. The van der Waals surface area contributed by atoms with E-state index in [0.717, 1.165) is 65.6 Å². The molecular formula is C28H31N5O4S. The Morgan fingerprint density at radius 3 is 2.71 bits per heavy atom. The first kappa shape index (κ1) is 24.5. The monoisotopic (exact) mass is 533 g/mol. The number of hydrogen-bond donors (Lipinski definition) is 2. The van der Waals surface area contributed by atoms with Gasteiger partial charge < -0.3 is 14.5 Å². The van der Waals surface area contributed by atoms with Crippen LogP contribution in [-0.2, 0) is 28.7 Å². The molecule has 1 aliphatic carbocycles. The Bertz CT molecular complexity index is 1540. The summed E-state index contributed by atoms with van der Waals surface area (Å²) in [5.74, 6) is 3.91. The molecule has 9 nitrogen and oxygen atoms in total. The minimum atomic E-state index is -3.45. The summed E-state index contributed by atoms with van der Waals surface area (Å²) in [6, 6.07) is 15.2. The first-order chi connectivity index (χ1) is 18.4. The zero-order valence-electron chi connectivity index (χ0n) is 21.5. The van der Waals surface area contributed by atoms with Crippen molar-refractivity contribution in [3.05, 3.63) is 83.2 Å². The number of nitrogens with one attached hydrogen (secondary N) is 2. The van der Waals surface area contributed by atoms with Crippen molar-refractivity contribution in [1.82, 2.24) is 15.2 Å². The van der Waals surface area contributed by atoms with Crippen molar-refractivity contribution in [3.8, 4) is 5.75 Å². The van der Waals surface area contributed by atoms with Gasteiger partial charge >= 0.3 is 0 Å². The first-order valence-corrected chi connectivity index (χ1v) is 14.6. The van der Waals surface area contributed by atoms with Crippen molar-refractivity contribution < 1.29 is 17.6 Å². The second-order valence-electron chi connectivity index (χ2n) is 10.0. The predicted molar refractivity (Wildman–Crippen MR) is 145 cm³/mol. The molecule has 2 aromatic carbocycles. The van der Waals surface area contributed by atoms with E-state index in [4.69, 9.17) is 9.15 Å². The molecule has 6 rings (SSSR count). The molecular weight excluding hydrogens is 502 g/mol. The van der Waals surface area contributed by atoms with Gasteiger partial charge in [-0.2, -0.15) is 5.10 Å². The lowest BCUT2D eigenvalue weighted by molar-refractivity contribution is 0.414. The lowest BCUT2D eigenvalue weighted by Gasteiger charge is -2.19. The Morgan fingerprint density at radius 2 is 1.95 bits per heavy atom. The molecule has 1 fully saturated rings. The van der Waals surface area contributed by atoms with E-state index < -0.39 is 10.0 Å². The van der Waals surface area contributed by atoms with Gasteiger partial charge in [0, 0.05) is 35.7 Å². The molecule has 0 radical (unpaired) electrons. The summed E-state index contributed by atoms with van der Waals surface area (Å²) >= 11 is 0. The van der Waals surface area contributed by atoms with Crippen LogP contribution in [0.1, 0.15) is 66.5 Å². The highest BCUT2D eigenvalue weighted by Crippen LogP contribution is 2.43. The lowest BCUT2D eigenvalue weighted by Crippen LogP contribution is -2.26. The van der Waals surface area contributed by atoms with E-state index in [0.29, 0.717) is 23.3 Å². The topological polar surface area (TPSA) is 113 Å². The molecule has 0 amide bonds. The summed E-state index contributed by atoms with van der Waals surface area (Å²) in [6.45, 7) is 2.35. The van der Waals surface area contributed by atoms with E-state index in [1.54, 1.807) is 7.11 Å². The molecule has 0 spiro atoms. The molecule has 198 valence electrons. The van der Waals surface area contributed by atoms with E-state index in [2.05, 4.69) is 27.4 Å². The van der Waals surface area contributed by atoms with E-state index in [1.165, 1.54) is 4.31 Å². The van der Waals surface area contributed by atoms with Crippen LogP contribution in [0.5, 0.6) is 5.75 Å². The standard InChI is InChI=1S/C28H31N5O4S/c1-3-23-15-29-28(37-23)20-7-6-19(12-20)25-14-27(32-31-25)30-22-8-11-26-21(13-22)17-38(34,35)33(26)16-18-4-9-24(36-2)10-5-18/h4-5,8-11,13-15,19-20H,3,6-7,12,16-17H2,1-2H3,(H2,30,31,32). The van der Waals surface area contributed by atoms with Gasteiger partial charge in [0.2, 0.25) is 10.0 Å². The maximum atomic E-state index is 13.0. The number of benzene rings is 2. The predicted octanol–water partition coefficient (Wildman–Crippen LogP) is 5.61. The van der Waals surface area contributed by atoms with Crippen LogP contribution >= 0.6 is 0 Å². The van der Waals surface area contributed by atoms with Gasteiger partial charge in [-0.3, -0.25) is 9.40 Å². The van der Waals surface area contributed by atoms with Gasteiger partial charge in [-0.25, -0.2) is 13.4 Å². The fourth-order valence-corrected chi connectivity index (χ4v) is 7.05. The minimum Gasteiger partial charge on any atom is -0.497 e. The van der Waals surface area contributed by atoms with Crippen molar-refractivity contribution in [3.63, 3.8) is 0 Å². The van der Waals surface area contributed by atoms with Crippen LogP contribution in [0.2, 0.25) is 0 Å². The van der Waals surface area contributed by atoms with Crippen LogP contribution < -0.4 is 14.4 Å². The number of sulfonamides is 1. The summed E-state index contributed by atoms with van der Waals surface area (Å²) in [6.07, 6.45) is 5.76. The molecule has 2 aliphatic rings. The summed E-state index contributed by atoms with van der Waals surface area (Å²) in [4.78, 5) is 4.48. The Hall–Kier alpha value is -3.79. The minimum absolute atomic E-state index is 0.0240. The normalized spacial score (nSPS) is 20.0. The van der Waals surface area contributed by atoms with Crippen molar-refractivity contribution >= 4 is 27.2 Å². The molecule has 1 aliphatic heterocycles. The van der Waals surface area contributed by atoms with Crippen LogP contribution in [0.4, 0.5) is 17.2 Å². The number of oxazole rings is 1. The summed E-state index contributed by atoms with van der Waals surface area (Å²) in [7, 11) is -1.84. The molecule has 0 saturated heterocycles. The number of rotatable bonds is 8. The average molecular weight is 534 g/mol. The van der Waals surface area contributed by atoms with Crippen LogP contribution in [-0.4, -0.2) is 30.7 Å². The quantitative estimate of drug-likeness (QED) is 0.302. The Labute approximate surface area is 222 Å². The molecule has 4 aromatic rings. The van der Waals surface area contributed by atoms with Crippen molar-refractivity contribution in [1.29, 1.82) is 0 Å². The molecule has 10 heteroatoms. The van der Waals surface area contributed by atoms with Crippen molar-refractivity contribution in [2.45, 2.75) is 56.7 Å². The number of hydrogen-bond acceptors (Lipinski definition) is 7. The molecule has 1 saturated carbocycles. The fourth-order valence-electron chi connectivity index (χ4n) is 5.45. The highest BCUT2D eigenvalue weighted by Gasteiger charge is 2.34. The molecule has 0 bridgehead atoms. The van der Waals surface area contributed by atoms with E-state index in [1.807, 2.05) is 54.7 Å². The highest BCUT2D eigenvalue weighted by molar-refractivity contribution is 7.92. The number of nitrogens with zero attached hydrogens (tertiary/aromatic N) is 3. The first-order valence-electron chi connectivity index (χ1n) is 12.9. The van der Waals surface area contributed by atoms with Gasteiger partial charge in [0.25, 0.3) is 0 Å². The van der Waals surface area contributed by atoms with Gasteiger partial charge in [-0.15, -0.1) is 0 Å². The molecule has 38 heavy (non-hydrogen) atoms. The van der Waals surface area contributed by atoms with Gasteiger partial charge in [-0.05, 0) is 60.7 Å². The van der Waals surface area contributed by atoms with Gasteiger partial charge in [0.15, 0.2) is 11.7 Å². The highest BCUT2D eigenvalue weighted by atomic mass is 32.2. The number of aryl methyl sites for hydroxylation is 1. The molecule has 3 heterocycles. The number of aromatic amines is 1. The second kappa shape index (κ2) is 9.83. The Kier molecular flexibility index (Phi) is 6.35. The number of H-pyrrole nitrogens is 1. The van der Waals surface area contributed by atoms with E-state index in [-0.39, 0.29) is 12.3 Å². The number of fused-ring (bicyclic) bond motifs is 1. The summed E-state index contributed by atoms with van der Waals surface area (Å²) in [5, 5.41) is 11.0. The van der Waals surface area contributed by atoms with Crippen LogP contribution in [0.25, 0.3) is 0 Å². The van der Waals surface area contributed by atoms with Gasteiger partial charge in [0.05, 0.1) is 31.3 Å². The van der Waals surface area contributed by atoms with E-state index in [9.17, 15) is 8.42 Å². The Morgan fingerprint density at radius 1 is 1.13 bits per heavy atom. The van der Waals surface area contributed by atoms with Crippen LogP contribution in [0.3, 0.4) is 0 Å². The third kappa shape index (κ3) is 4.76. The Balaban J connectivity index is 1.13. The van der Waals surface area contributed by atoms with Gasteiger partial charge in [0.1, 0.15) is 11.5 Å². The molecule has 2 N–H and O–H groups in total. The van der Waals surface area contributed by atoms with Crippen LogP contribution in [0.15, 0.2) is 59.1 Å². The third-order valence-electron chi connectivity index (χ3n) is 7.52. The number of anilines is 3. The molecule has 2 atom stereocenters. The third-order valence-corrected chi connectivity index (χ3v) is 9.19. The SMILES string of the molecule is CCc1cnc(C2CCC(c3cc(Nc4ccc5c(c4)CS(=O)(=O)N5Cc4ccc(OC)cc4)n[nH]3)C2)o1. The summed E-state index contributed by atoms with van der Waals surface area (Å²) in [5.41, 5.74) is 4.28.